The van der Waals surface area contributed by atoms with Gasteiger partial charge in [-0.1, -0.05) is 17.7 Å². The van der Waals surface area contributed by atoms with E-state index in [4.69, 9.17) is 0 Å². The van der Waals surface area contributed by atoms with Crippen LogP contribution in [0.1, 0.15) is 35.1 Å². The molecule has 2 unspecified atom stereocenters. The lowest BCUT2D eigenvalue weighted by Crippen LogP contribution is -2.36. The van der Waals surface area contributed by atoms with E-state index in [1.165, 1.54) is 41.7 Å². The van der Waals surface area contributed by atoms with Gasteiger partial charge < -0.3 is 5.32 Å². The van der Waals surface area contributed by atoms with E-state index in [-0.39, 0.29) is 0 Å². The fourth-order valence-corrected chi connectivity index (χ4v) is 4.53. The Morgan fingerprint density at radius 1 is 1.28 bits per heavy atom. The summed E-state index contributed by atoms with van der Waals surface area (Å²) in [7, 11) is 2.11. The lowest BCUT2D eigenvalue weighted by Gasteiger charge is -2.24. The predicted molar refractivity (Wildman–Crippen MR) is 82.7 cm³/mol. The molecule has 0 aromatic heterocycles. The number of thioether (sulfide) groups is 1. The van der Waals surface area contributed by atoms with Crippen LogP contribution >= 0.6 is 11.8 Å². The molecule has 100 valence electrons. The number of likely N-dealkylation sites (N-methyl/N-ethyl adjacent to an activating group) is 1. The fourth-order valence-electron chi connectivity index (χ4n) is 3.09. The molecule has 1 saturated heterocycles. The summed E-state index contributed by atoms with van der Waals surface area (Å²) in [4.78, 5) is 0. The normalized spacial score (nSPS) is 21.2. The van der Waals surface area contributed by atoms with Crippen LogP contribution in [0.15, 0.2) is 12.1 Å². The van der Waals surface area contributed by atoms with Gasteiger partial charge in [0, 0.05) is 11.3 Å². The Hall–Kier alpha value is -0.470. The van der Waals surface area contributed by atoms with Crippen molar-refractivity contribution < 1.29 is 0 Å². The molecule has 1 nitrogen and oxygen atoms in total. The first kappa shape index (κ1) is 14.0. The van der Waals surface area contributed by atoms with Gasteiger partial charge in [0.2, 0.25) is 0 Å². The van der Waals surface area contributed by atoms with Crippen molar-refractivity contribution in [1.29, 1.82) is 0 Å². The van der Waals surface area contributed by atoms with Gasteiger partial charge in [-0.15, -0.1) is 0 Å². The van der Waals surface area contributed by atoms with E-state index in [2.05, 4.69) is 57.0 Å². The van der Waals surface area contributed by atoms with E-state index < -0.39 is 0 Å². The summed E-state index contributed by atoms with van der Waals surface area (Å²) < 4.78 is 0. The average Bonchev–Trinajstić information content (AvgIpc) is 2.81. The van der Waals surface area contributed by atoms with Gasteiger partial charge in [-0.2, -0.15) is 11.8 Å². The van der Waals surface area contributed by atoms with Crippen molar-refractivity contribution in [3.8, 4) is 0 Å². The maximum Gasteiger partial charge on any atom is 0.0224 e. The number of hydrogen-bond donors (Lipinski definition) is 1. The van der Waals surface area contributed by atoms with E-state index in [0.29, 0.717) is 6.04 Å². The Bertz CT molecular complexity index is 385. The van der Waals surface area contributed by atoms with Crippen molar-refractivity contribution in [3.05, 3.63) is 34.4 Å². The first-order valence-corrected chi connectivity index (χ1v) is 8.02. The molecule has 0 bridgehead atoms. The Morgan fingerprint density at radius 2 is 1.94 bits per heavy atom. The Labute approximate surface area is 116 Å². The first-order chi connectivity index (χ1) is 8.61. The lowest BCUT2D eigenvalue weighted by molar-refractivity contribution is 0.522. The third-order valence-electron chi connectivity index (χ3n) is 4.05. The van der Waals surface area contributed by atoms with E-state index >= 15 is 0 Å². The zero-order chi connectivity index (χ0) is 13.1. The molecule has 2 atom stereocenters. The van der Waals surface area contributed by atoms with Crippen molar-refractivity contribution in [2.75, 3.05) is 12.8 Å². The van der Waals surface area contributed by atoms with Crippen LogP contribution in [0.3, 0.4) is 0 Å². The molecule has 0 radical (unpaired) electrons. The van der Waals surface area contributed by atoms with Crippen molar-refractivity contribution in [2.24, 2.45) is 0 Å². The molecule has 1 N–H and O–H groups in total. The second-order valence-electron chi connectivity index (χ2n) is 5.53. The minimum Gasteiger partial charge on any atom is -0.316 e. The van der Waals surface area contributed by atoms with Gasteiger partial charge >= 0.3 is 0 Å². The highest BCUT2D eigenvalue weighted by molar-refractivity contribution is 8.00. The summed E-state index contributed by atoms with van der Waals surface area (Å²) in [5.41, 5.74) is 5.84. The van der Waals surface area contributed by atoms with Gasteiger partial charge in [-0.05, 0) is 69.5 Å². The number of aryl methyl sites for hydroxylation is 3. The van der Waals surface area contributed by atoms with Crippen LogP contribution in [0.2, 0.25) is 0 Å². The first-order valence-electron chi connectivity index (χ1n) is 6.97. The minimum atomic E-state index is 0.623. The SMILES string of the molecule is CNC(Cc1c(C)cc(C)cc1C)C1CCCS1. The largest absolute Gasteiger partial charge is 0.316 e. The molecule has 1 aromatic rings. The van der Waals surface area contributed by atoms with Gasteiger partial charge in [0.05, 0.1) is 0 Å². The molecule has 2 rings (SSSR count). The minimum absolute atomic E-state index is 0.623. The molecule has 0 spiro atoms. The molecule has 18 heavy (non-hydrogen) atoms. The second kappa shape index (κ2) is 6.12. The van der Waals surface area contributed by atoms with Gasteiger partial charge in [0.1, 0.15) is 0 Å². The van der Waals surface area contributed by atoms with Crippen LogP contribution in [0.25, 0.3) is 0 Å². The van der Waals surface area contributed by atoms with Gasteiger partial charge in [0.25, 0.3) is 0 Å². The third kappa shape index (κ3) is 3.10. The van der Waals surface area contributed by atoms with Crippen LogP contribution in [0, 0.1) is 20.8 Å². The van der Waals surface area contributed by atoms with Crippen molar-refractivity contribution >= 4 is 11.8 Å². The van der Waals surface area contributed by atoms with E-state index in [0.717, 1.165) is 5.25 Å². The van der Waals surface area contributed by atoms with Crippen molar-refractivity contribution in [1.82, 2.24) is 5.32 Å². The molecular formula is C16H25NS. The smallest absolute Gasteiger partial charge is 0.0224 e. The van der Waals surface area contributed by atoms with Gasteiger partial charge in [-0.25, -0.2) is 0 Å². The average molecular weight is 263 g/mol. The van der Waals surface area contributed by atoms with Crippen LogP contribution < -0.4 is 5.32 Å². The molecule has 1 aromatic carbocycles. The van der Waals surface area contributed by atoms with Gasteiger partial charge in [-0.3, -0.25) is 0 Å². The van der Waals surface area contributed by atoms with Crippen molar-refractivity contribution in [2.45, 2.75) is 51.3 Å². The van der Waals surface area contributed by atoms with Crippen LogP contribution in [0.4, 0.5) is 0 Å². The summed E-state index contributed by atoms with van der Waals surface area (Å²) in [5, 5.41) is 4.34. The standard InChI is InChI=1S/C16H25NS/c1-11-8-12(2)14(13(3)9-11)10-15(17-4)16-6-5-7-18-16/h8-9,15-17H,5-7,10H2,1-4H3. The Morgan fingerprint density at radius 3 is 2.44 bits per heavy atom. The molecule has 1 aliphatic rings. The topological polar surface area (TPSA) is 12.0 Å². The maximum absolute atomic E-state index is 3.54. The molecule has 0 aliphatic carbocycles. The second-order valence-corrected chi connectivity index (χ2v) is 6.88. The summed E-state index contributed by atoms with van der Waals surface area (Å²) in [6.45, 7) is 6.69. The molecule has 0 amide bonds. The number of hydrogen-bond acceptors (Lipinski definition) is 2. The van der Waals surface area contributed by atoms with Crippen LogP contribution in [0.5, 0.6) is 0 Å². The molecule has 1 fully saturated rings. The van der Waals surface area contributed by atoms with Crippen molar-refractivity contribution in [3.63, 3.8) is 0 Å². The van der Waals surface area contributed by atoms with Crippen LogP contribution in [-0.2, 0) is 6.42 Å². The Kier molecular flexibility index (Phi) is 4.74. The van der Waals surface area contributed by atoms with E-state index in [9.17, 15) is 0 Å². The molecule has 1 heterocycles. The zero-order valence-corrected chi connectivity index (χ0v) is 12.9. The molecule has 1 aliphatic heterocycles. The molecular weight excluding hydrogens is 238 g/mol. The highest BCUT2D eigenvalue weighted by Crippen LogP contribution is 2.31. The quantitative estimate of drug-likeness (QED) is 0.890. The molecule has 0 saturated carbocycles. The monoisotopic (exact) mass is 263 g/mol. The summed E-state index contributed by atoms with van der Waals surface area (Å²) >= 11 is 2.15. The third-order valence-corrected chi connectivity index (χ3v) is 5.57. The number of nitrogens with one attached hydrogen (secondary N) is 1. The lowest BCUT2D eigenvalue weighted by atomic mass is 9.92. The Balaban J connectivity index is 2.16. The highest BCUT2D eigenvalue weighted by atomic mass is 32.2. The van der Waals surface area contributed by atoms with E-state index in [1.54, 1.807) is 5.56 Å². The zero-order valence-electron chi connectivity index (χ0n) is 12.0. The maximum atomic E-state index is 3.54. The predicted octanol–water partition coefficient (Wildman–Crippen LogP) is 3.64. The van der Waals surface area contributed by atoms with Crippen LogP contribution in [-0.4, -0.2) is 24.1 Å². The highest BCUT2D eigenvalue weighted by Gasteiger charge is 2.25. The summed E-state index contributed by atoms with van der Waals surface area (Å²) in [6.07, 6.45) is 3.94. The summed E-state index contributed by atoms with van der Waals surface area (Å²) in [6, 6.07) is 5.26. The molecule has 2 heteroatoms. The number of rotatable bonds is 4. The fraction of sp³-hybridized carbons (Fsp3) is 0.625. The van der Waals surface area contributed by atoms with Gasteiger partial charge in [0.15, 0.2) is 0 Å². The summed E-state index contributed by atoms with van der Waals surface area (Å²) in [5.74, 6) is 1.34. The van der Waals surface area contributed by atoms with E-state index in [1.807, 2.05) is 0 Å². The number of benzene rings is 1.